The van der Waals surface area contributed by atoms with E-state index in [-0.39, 0.29) is 11.8 Å². The van der Waals surface area contributed by atoms with Crippen molar-refractivity contribution in [2.75, 3.05) is 14.2 Å². The van der Waals surface area contributed by atoms with Crippen molar-refractivity contribution in [1.29, 1.82) is 0 Å². The SMILES string of the molecule is COc1cc2c(cc1OC)[C@H](CC(N)=O)C2. The van der Waals surface area contributed by atoms with Crippen LogP contribution in [0, 0.1) is 0 Å². The summed E-state index contributed by atoms with van der Waals surface area (Å²) in [5.74, 6) is 1.42. The topological polar surface area (TPSA) is 61.6 Å². The van der Waals surface area contributed by atoms with Crippen LogP contribution >= 0.6 is 0 Å². The minimum Gasteiger partial charge on any atom is -0.493 e. The van der Waals surface area contributed by atoms with E-state index in [2.05, 4.69) is 0 Å². The van der Waals surface area contributed by atoms with Gasteiger partial charge in [0.1, 0.15) is 0 Å². The lowest BCUT2D eigenvalue weighted by atomic mass is 9.75. The Bertz CT molecular complexity index is 429. The normalized spacial score (nSPS) is 17.2. The van der Waals surface area contributed by atoms with Crippen molar-refractivity contribution in [3.05, 3.63) is 23.3 Å². The highest BCUT2D eigenvalue weighted by atomic mass is 16.5. The summed E-state index contributed by atoms with van der Waals surface area (Å²) < 4.78 is 10.4. The molecule has 0 heterocycles. The molecule has 1 amide bonds. The first-order valence-electron chi connectivity index (χ1n) is 5.18. The molecular formula is C12H15NO3. The second kappa shape index (κ2) is 4.04. The van der Waals surface area contributed by atoms with E-state index in [9.17, 15) is 4.79 Å². The Hall–Kier alpha value is -1.71. The van der Waals surface area contributed by atoms with E-state index in [1.807, 2.05) is 12.1 Å². The fourth-order valence-electron chi connectivity index (χ4n) is 2.16. The van der Waals surface area contributed by atoms with Crippen molar-refractivity contribution in [3.63, 3.8) is 0 Å². The molecule has 0 bridgehead atoms. The summed E-state index contributed by atoms with van der Waals surface area (Å²) in [5.41, 5.74) is 7.55. The van der Waals surface area contributed by atoms with Gasteiger partial charge in [0.2, 0.25) is 5.91 Å². The number of hydrogen-bond acceptors (Lipinski definition) is 3. The van der Waals surface area contributed by atoms with E-state index in [1.165, 1.54) is 5.56 Å². The van der Waals surface area contributed by atoms with Gasteiger partial charge in [-0.3, -0.25) is 4.79 Å². The lowest BCUT2D eigenvalue weighted by Gasteiger charge is -2.30. The number of methoxy groups -OCH3 is 2. The molecule has 86 valence electrons. The standard InChI is InChI=1S/C12H15NO3/c1-15-10-4-7-3-8(5-12(13)14)9(7)6-11(10)16-2/h4,6,8H,3,5H2,1-2H3,(H2,13,14)/t8-/m0/s1. The van der Waals surface area contributed by atoms with Crippen LogP contribution in [0.15, 0.2) is 12.1 Å². The Morgan fingerprint density at radius 3 is 2.56 bits per heavy atom. The molecule has 2 N–H and O–H groups in total. The van der Waals surface area contributed by atoms with E-state index in [4.69, 9.17) is 15.2 Å². The third kappa shape index (κ3) is 1.71. The van der Waals surface area contributed by atoms with Crippen molar-refractivity contribution >= 4 is 5.91 Å². The Labute approximate surface area is 94.3 Å². The summed E-state index contributed by atoms with van der Waals surface area (Å²) in [4.78, 5) is 10.9. The van der Waals surface area contributed by atoms with Crippen LogP contribution in [0.25, 0.3) is 0 Å². The average Bonchev–Trinajstić information content (AvgIpc) is 2.25. The van der Waals surface area contributed by atoms with Crippen LogP contribution in [0.1, 0.15) is 23.5 Å². The Morgan fingerprint density at radius 2 is 2.00 bits per heavy atom. The summed E-state index contributed by atoms with van der Waals surface area (Å²) in [6, 6.07) is 3.90. The van der Waals surface area contributed by atoms with Crippen LogP contribution in [0.3, 0.4) is 0 Å². The smallest absolute Gasteiger partial charge is 0.218 e. The van der Waals surface area contributed by atoms with Crippen molar-refractivity contribution in [1.82, 2.24) is 0 Å². The number of fused-ring (bicyclic) bond motifs is 1. The van der Waals surface area contributed by atoms with Crippen LogP contribution in [0.4, 0.5) is 0 Å². The molecule has 1 aromatic rings. The first kappa shape index (κ1) is 10.8. The van der Waals surface area contributed by atoms with Crippen molar-refractivity contribution in [3.8, 4) is 11.5 Å². The molecule has 4 heteroatoms. The summed E-state index contributed by atoms with van der Waals surface area (Å²) >= 11 is 0. The van der Waals surface area contributed by atoms with E-state index in [1.54, 1.807) is 14.2 Å². The summed E-state index contributed by atoms with van der Waals surface area (Å²) in [7, 11) is 3.22. The molecule has 0 spiro atoms. The lowest BCUT2D eigenvalue weighted by molar-refractivity contribution is -0.118. The van der Waals surface area contributed by atoms with Crippen LogP contribution < -0.4 is 15.2 Å². The van der Waals surface area contributed by atoms with E-state index in [0.29, 0.717) is 12.2 Å². The van der Waals surface area contributed by atoms with E-state index >= 15 is 0 Å². The van der Waals surface area contributed by atoms with Gasteiger partial charge in [0.25, 0.3) is 0 Å². The quantitative estimate of drug-likeness (QED) is 0.831. The first-order valence-corrected chi connectivity index (χ1v) is 5.18. The highest BCUT2D eigenvalue weighted by Crippen LogP contribution is 2.43. The molecule has 4 nitrogen and oxygen atoms in total. The predicted molar refractivity (Wildman–Crippen MR) is 59.8 cm³/mol. The number of ether oxygens (including phenoxy) is 2. The third-order valence-corrected chi connectivity index (χ3v) is 3.00. The van der Waals surface area contributed by atoms with Crippen LogP contribution in [-0.4, -0.2) is 20.1 Å². The molecule has 0 unspecified atom stereocenters. The molecule has 2 rings (SSSR count). The Balaban J connectivity index is 2.27. The van der Waals surface area contributed by atoms with Crippen LogP contribution in [0.2, 0.25) is 0 Å². The third-order valence-electron chi connectivity index (χ3n) is 3.00. The molecule has 16 heavy (non-hydrogen) atoms. The summed E-state index contributed by atoms with van der Waals surface area (Å²) in [5, 5.41) is 0. The second-order valence-electron chi connectivity index (χ2n) is 3.98. The van der Waals surface area contributed by atoms with Gasteiger partial charge in [0, 0.05) is 6.42 Å². The van der Waals surface area contributed by atoms with E-state index < -0.39 is 0 Å². The zero-order valence-electron chi connectivity index (χ0n) is 9.45. The van der Waals surface area contributed by atoms with Gasteiger partial charge in [-0.05, 0) is 35.6 Å². The molecule has 1 aliphatic rings. The monoisotopic (exact) mass is 221 g/mol. The number of rotatable bonds is 4. The van der Waals surface area contributed by atoms with Gasteiger partial charge >= 0.3 is 0 Å². The van der Waals surface area contributed by atoms with Gasteiger partial charge in [0.15, 0.2) is 11.5 Å². The molecule has 0 aromatic heterocycles. The molecule has 0 radical (unpaired) electrons. The number of carbonyl (C=O) groups is 1. The molecule has 1 aromatic carbocycles. The van der Waals surface area contributed by atoms with Gasteiger partial charge in [-0.25, -0.2) is 0 Å². The number of benzene rings is 1. The number of hydrogen-bond donors (Lipinski definition) is 1. The molecule has 0 saturated heterocycles. The summed E-state index contributed by atoms with van der Waals surface area (Å²) in [6.45, 7) is 0. The minimum absolute atomic E-state index is 0.243. The largest absolute Gasteiger partial charge is 0.493 e. The van der Waals surface area contributed by atoms with Crippen LogP contribution in [0.5, 0.6) is 11.5 Å². The summed E-state index contributed by atoms with van der Waals surface area (Å²) in [6.07, 6.45) is 1.29. The maximum absolute atomic E-state index is 10.9. The lowest BCUT2D eigenvalue weighted by Crippen LogP contribution is -2.24. The number of primary amides is 1. The zero-order chi connectivity index (χ0) is 11.7. The van der Waals surface area contributed by atoms with Crippen molar-refractivity contribution in [2.45, 2.75) is 18.8 Å². The number of carbonyl (C=O) groups excluding carboxylic acids is 1. The molecule has 1 atom stereocenters. The van der Waals surface area contributed by atoms with E-state index in [0.717, 1.165) is 17.7 Å². The fourth-order valence-corrected chi connectivity index (χ4v) is 2.16. The molecule has 1 aliphatic carbocycles. The molecule has 0 fully saturated rings. The van der Waals surface area contributed by atoms with Crippen molar-refractivity contribution in [2.24, 2.45) is 5.73 Å². The number of nitrogens with two attached hydrogens (primary N) is 1. The molecule has 0 aliphatic heterocycles. The number of amides is 1. The first-order chi connectivity index (χ1) is 7.65. The molecular weight excluding hydrogens is 206 g/mol. The highest BCUT2D eigenvalue weighted by Gasteiger charge is 2.29. The highest BCUT2D eigenvalue weighted by molar-refractivity contribution is 5.75. The van der Waals surface area contributed by atoms with Gasteiger partial charge in [0.05, 0.1) is 14.2 Å². The minimum atomic E-state index is -0.259. The van der Waals surface area contributed by atoms with Gasteiger partial charge in [-0.1, -0.05) is 0 Å². The second-order valence-corrected chi connectivity index (χ2v) is 3.98. The maximum Gasteiger partial charge on any atom is 0.218 e. The van der Waals surface area contributed by atoms with Gasteiger partial charge in [-0.15, -0.1) is 0 Å². The molecule has 0 saturated carbocycles. The Morgan fingerprint density at radius 1 is 1.38 bits per heavy atom. The average molecular weight is 221 g/mol. The fraction of sp³-hybridized carbons (Fsp3) is 0.417. The zero-order valence-corrected chi connectivity index (χ0v) is 9.45. The Kier molecular flexibility index (Phi) is 2.73. The van der Waals surface area contributed by atoms with Gasteiger partial charge < -0.3 is 15.2 Å². The predicted octanol–water partition coefficient (Wildman–Crippen LogP) is 1.22. The van der Waals surface area contributed by atoms with Crippen LogP contribution in [-0.2, 0) is 11.2 Å². The van der Waals surface area contributed by atoms with Crippen molar-refractivity contribution < 1.29 is 14.3 Å². The maximum atomic E-state index is 10.9. The van der Waals surface area contributed by atoms with Gasteiger partial charge in [-0.2, -0.15) is 0 Å².